The zero-order valence-corrected chi connectivity index (χ0v) is 16.4. The Morgan fingerprint density at radius 3 is 2.75 bits per heavy atom. The maximum Gasteiger partial charge on any atom is 0.257 e. The lowest BCUT2D eigenvalue weighted by Crippen LogP contribution is -2.45. The van der Waals surface area contributed by atoms with Gasteiger partial charge in [-0.05, 0) is 38.0 Å². The number of aromatic nitrogens is 1. The molecule has 4 rings (SSSR count). The van der Waals surface area contributed by atoms with Crippen LogP contribution in [0.15, 0.2) is 58.7 Å². The number of hydrogen-bond acceptors (Lipinski definition) is 5. The molecular weight excluding hydrogens is 374 g/mol. The van der Waals surface area contributed by atoms with Gasteiger partial charge < -0.3 is 9.32 Å². The minimum absolute atomic E-state index is 0.0229. The topological polar surface area (TPSA) is 66.7 Å². The molecule has 0 spiro atoms. The summed E-state index contributed by atoms with van der Waals surface area (Å²) in [5.74, 6) is -0.387. The molecule has 1 aliphatic heterocycles. The number of rotatable bonds is 4. The third-order valence-corrected chi connectivity index (χ3v) is 5.80. The van der Waals surface area contributed by atoms with Crippen LogP contribution in [0.1, 0.15) is 28.9 Å². The van der Waals surface area contributed by atoms with Gasteiger partial charge in [-0.1, -0.05) is 18.2 Å². The number of furan rings is 1. The number of nitrogens with zero attached hydrogens (tertiary/aromatic N) is 3. The fourth-order valence-electron chi connectivity index (χ4n) is 3.47. The van der Waals surface area contributed by atoms with Crippen LogP contribution in [0.3, 0.4) is 0 Å². The molecule has 2 amide bonds. The molecule has 0 bridgehead atoms. The summed E-state index contributed by atoms with van der Waals surface area (Å²) in [5, 5.41) is 2.60. The molecule has 0 saturated carbocycles. The van der Waals surface area contributed by atoms with Crippen LogP contribution in [0.4, 0.5) is 10.8 Å². The summed E-state index contributed by atoms with van der Waals surface area (Å²) in [7, 11) is 0. The molecule has 144 valence electrons. The van der Waals surface area contributed by atoms with Crippen LogP contribution in [-0.2, 0) is 4.79 Å². The Morgan fingerprint density at radius 1 is 1.25 bits per heavy atom. The van der Waals surface area contributed by atoms with Crippen molar-refractivity contribution in [1.82, 2.24) is 9.88 Å². The van der Waals surface area contributed by atoms with Crippen LogP contribution in [0, 0.1) is 12.8 Å². The Hall–Kier alpha value is -2.93. The van der Waals surface area contributed by atoms with Crippen LogP contribution in [0.5, 0.6) is 0 Å². The van der Waals surface area contributed by atoms with Gasteiger partial charge in [0.2, 0.25) is 5.91 Å². The third-order valence-electron chi connectivity index (χ3n) is 4.86. The number of para-hydroxylation sites is 1. The molecule has 1 aromatic carbocycles. The lowest BCUT2D eigenvalue weighted by molar-refractivity contribution is -0.122. The fourth-order valence-corrected chi connectivity index (χ4v) is 4.29. The van der Waals surface area contributed by atoms with Crippen LogP contribution < -0.4 is 4.90 Å². The molecule has 0 radical (unpaired) electrons. The number of benzene rings is 1. The first-order valence-electron chi connectivity index (χ1n) is 9.26. The highest BCUT2D eigenvalue weighted by molar-refractivity contribution is 7.14. The summed E-state index contributed by atoms with van der Waals surface area (Å²) >= 11 is 1.45. The van der Waals surface area contributed by atoms with E-state index in [4.69, 9.17) is 4.42 Å². The van der Waals surface area contributed by atoms with Crippen molar-refractivity contribution in [3.05, 3.63) is 65.6 Å². The van der Waals surface area contributed by atoms with E-state index in [9.17, 15) is 9.59 Å². The zero-order chi connectivity index (χ0) is 19.5. The highest BCUT2D eigenvalue weighted by Gasteiger charge is 2.34. The Balaban J connectivity index is 1.59. The van der Waals surface area contributed by atoms with Crippen LogP contribution >= 0.6 is 11.3 Å². The van der Waals surface area contributed by atoms with E-state index in [0.29, 0.717) is 23.8 Å². The van der Waals surface area contributed by atoms with Gasteiger partial charge in [-0.3, -0.25) is 14.5 Å². The van der Waals surface area contributed by atoms with E-state index in [1.54, 1.807) is 15.9 Å². The number of carbonyl (C=O) groups is 2. The number of anilines is 2. The van der Waals surface area contributed by atoms with E-state index in [-0.39, 0.29) is 17.7 Å². The van der Waals surface area contributed by atoms with Crippen molar-refractivity contribution < 1.29 is 14.0 Å². The molecular formula is C21H21N3O3S. The van der Waals surface area contributed by atoms with Gasteiger partial charge in [0.25, 0.3) is 5.91 Å². The van der Waals surface area contributed by atoms with Crippen LogP contribution in [0.25, 0.3) is 0 Å². The van der Waals surface area contributed by atoms with E-state index in [2.05, 4.69) is 4.98 Å². The second kappa shape index (κ2) is 7.98. The van der Waals surface area contributed by atoms with Crippen molar-refractivity contribution in [3.63, 3.8) is 0 Å². The predicted octanol–water partition coefficient (Wildman–Crippen LogP) is 4.26. The van der Waals surface area contributed by atoms with Crippen molar-refractivity contribution >= 4 is 34.0 Å². The number of amides is 2. The van der Waals surface area contributed by atoms with E-state index in [1.807, 2.05) is 42.6 Å². The molecule has 1 atom stereocenters. The molecule has 0 aliphatic carbocycles. The first-order chi connectivity index (χ1) is 13.6. The zero-order valence-electron chi connectivity index (χ0n) is 15.6. The smallest absolute Gasteiger partial charge is 0.257 e. The molecule has 1 aliphatic rings. The molecule has 28 heavy (non-hydrogen) atoms. The SMILES string of the molecule is Cc1csc(N(C(=O)C2CCCN(C(=O)c3ccoc3)C2)c2ccccc2)n1. The van der Waals surface area contributed by atoms with Gasteiger partial charge in [0.15, 0.2) is 5.13 Å². The van der Waals surface area contributed by atoms with Crippen molar-refractivity contribution in [3.8, 4) is 0 Å². The Bertz CT molecular complexity index is 952. The summed E-state index contributed by atoms with van der Waals surface area (Å²) in [5.41, 5.74) is 2.19. The number of likely N-dealkylation sites (tertiary alicyclic amines) is 1. The highest BCUT2D eigenvalue weighted by atomic mass is 32.1. The Morgan fingerprint density at radius 2 is 2.07 bits per heavy atom. The molecule has 1 fully saturated rings. The van der Waals surface area contributed by atoms with Gasteiger partial charge in [-0.15, -0.1) is 11.3 Å². The molecule has 2 aromatic heterocycles. The first-order valence-corrected chi connectivity index (χ1v) is 10.1. The number of hydrogen-bond donors (Lipinski definition) is 0. The lowest BCUT2D eigenvalue weighted by Gasteiger charge is -2.34. The average Bonchev–Trinajstić information content (AvgIpc) is 3.41. The van der Waals surface area contributed by atoms with Gasteiger partial charge in [0, 0.05) is 18.5 Å². The van der Waals surface area contributed by atoms with Gasteiger partial charge in [0.05, 0.1) is 29.1 Å². The maximum atomic E-state index is 13.5. The quantitative estimate of drug-likeness (QED) is 0.662. The largest absolute Gasteiger partial charge is 0.472 e. The molecule has 1 saturated heterocycles. The number of aryl methyl sites for hydroxylation is 1. The van der Waals surface area contributed by atoms with Gasteiger partial charge in [-0.2, -0.15) is 0 Å². The Labute approximate surface area is 167 Å². The molecule has 3 heterocycles. The normalized spacial score (nSPS) is 16.8. The molecule has 3 aromatic rings. The van der Waals surface area contributed by atoms with Crippen LogP contribution in [-0.4, -0.2) is 34.8 Å². The monoisotopic (exact) mass is 395 g/mol. The molecule has 7 heteroatoms. The lowest BCUT2D eigenvalue weighted by atomic mass is 9.96. The standard InChI is InChI=1S/C21H21N3O3S/c1-15-14-28-21(22-15)24(18-7-3-2-4-8-18)20(26)16-6-5-10-23(12-16)19(25)17-9-11-27-13-17/h2-4,7-9,11,13-14,16H,5-6,10,12H2,1H3. The number of thiazole rings is 1. The minimum Gasteiger partial charge on any atom is -0.472 e. The molecule has 0 N–H and O–H groups in total. The van der Waals surface area contributed by atoms with Gasteiger partial charge in [-0.25, -0.2) is 4.98 Å². The number of piperidine rings is 1. The summed E-state index contributed by atoms with van der Waals surface area (Å²) in [6.07, 6.45) is 4.48. The van der Waals surface area contributed by atoms with Gasteiger partial charge >= 0.3 is 0 Å². The average molecular weight is 395 g/mol. The third kappa shape index (κ3) is 3.71. The molecule has 1 unspecified atom stereocenters. The second-order valence-electron chi connectivity index (χ2n) is 6.88. The fraction of sp³-hybridized carbons (Fsp3) is 0.286. The van der Waals surface area contributed by atoms with Crippen molar-refractivity contribution in [2.45, 2.75) is 19.8 Å². The van der Waals surface area contributed by atoms with E-state index >= 15 is 0 Å². The van der Waals surface area contributed by atoms with E-state index < -0.39 is 0 Å². The van der Waals surface area contributed by atoms with E-state index in [1.165, 1.54) is 23.9 Å². The van der Waals surface area contributed by atoms with Crippen molar-refractivity contribution in [2.75, 3.05) is 18.0 Å². The Kier molecular flexibility index (Phi) is 5.25. The predicted molar refractivity (Wildman–Crippen MR) is 108 cm³/mol. The summed E-state index contributed by atoms with van der Waals surface area (Å²) < 4.78 is 5.03. The summed E-state index contributed by atoms with van der Waals surface area (Å²) in [4.78, 5) is 34.1. The first kappa shape index (κ1) is 18.4. The molecule has 6 nitrogen and oxygen atoms in total. The van der Waals surface area contributed by atoms with Crippen molar-refractivity contribution in [2.24, 2.45) is 5.92 Å². The van der Waals surface area contributed by atoms with Crippen molar-refractivity contribution in [1.29, 1.82) is 0 Å². The maximum absolute atomic E-state index is 13.5. The van der Waals surface area contributed by atoms with Crippen LogP contribution in [0.2, 0.25) is 0 Å². The van der Waals surface area contributed by atoms with Gasteiger partial charge in [0.1, 0.15) is 6.26 Å². The summed E-state index contributed by atoms with van der Waals surface area (Å²) in [6, 6.07) is 11.2. The van der Waals surface area contributed by atoms with E-state index in [0.717, 1.165) is 24.2 Å². The highest BCUT2D eigenvalue weighted by Crippen LogP contribution is 2.32. The minimum atomic E-state index is -0.269. The number of carbonyl (C=O) groups excluding carboxylic acids is 2. The second-order valence-corrected chi connectivity index (χ2v) is 7.72. The summed E-state index contributed by atoms with van der Waals surface area (Å²) in [6.45, 7) is 2.96.